The van der Waals surface area contributed by atoms with Crippen molar-refractivity contribution in [2.45, 2.75) is 33.2 Å². The van der Waals surface area contributed by atoms with Crippen LogP contribution in [-0.4, -0.2) is 28.9 Å². The van der Waals surface area contributed by atoms with E-state index >= 15 is 0 Å². The summed E-state index contributed by atoms with van der Waals surface area (Å²) in [6.45, 7) is 8.42. The fraction of sp³-hybridized carbons (Fsp3) is 0.545. The third-order valence-corrected chi connectivity index (χ3v) is 2.42. The molecular formula is C11H16N4. The van der Waals surface area contributed by atoms with Crippen LogP contribution in [-0.2, 0) is 0 Å². The summed E-state index contributed by atoms with van der Waals surface area (Å²) in [6, 6.07) is 0. The minimum absolute atomic E-state index is 0.158. The van der Waals surface area contributed by atoms with Crippen molar-refractivity contribution in [3.05, 3.63) is 11.8 Å². The minimum Gasteiger partial charge on any atom is -0.263 e. The molecule has 2 aliphatic rings. The van der Waals surface area contributed by atoms with Gasteiger partial charge >= 0.3 is 0 Å². The van der Waals surface area contributed by atoms with Crippen molar-refractivity contribution in [3.63, 3.8) is 0 Å². The number of hydrogen-bond acceptors (Lipinski definition) is 4. The Kier molecular flexibility index (Phi) is 2.21. The largest absolute Gasteiger partial charge is 0.263 e. The van der Waals surface area contributed by atoms with E-state index < -0.39 is 0 Å². The summed E-state index contributed by atoms with van der Waals surface area (Å²) in [5.41, 5.74) is 1.98. The highest BCUT2D eigenvalue weighted by Gasteiger charge is 2.27. The van der Waals surface area contributed by atoms with E-state index in [0.717, 1.165) is 11.4 Å². The molecule has 0 aliphatic carbocycles. The molecule has 2 aliphatic heterocycles. The van der Waals surface area contributed by atoms with E-state index in [1.54, 1.807) is 17.7 Å². The molecule has 0 atom stereocenters. The second-order valence-corrected chi connectivity index (χ2v) is 4.67. The van der Waals surface area contributed by atoms with Crippen molar-refractivity contribution in [1.82, 2.24) is 5.01 Å². The van der Waals surface area contributed by atoms with E-state index in [2.05, 4.69) is 48.9 Å². The fourth-order valence-corrected chi connectivity index (χ4v) is 1.64. The molecule has 0 saturated carbocycles. The van der Waals surface area contributed by atoms with Gasteiger partial charge in [-0.05, 0) is 25.8 Å². The SMILES string of the molecule is CC(C)C1=NC=NN2C=NC(C)(C)C=C12. The molecule has 0 amide bonds. The normalized spacial score (nSPS) is 22.6. The Hall–Kier alpha value is -1.45. The van der Waals surface area contributed by atoms with Crippen LogP contribution < -0.4 is 0 Å². The molecule has 0 aromatic heterocycles. The summed E-state index contributed by atoms with van der Waals surface area (Å²) >= 11 is 0. The Morgan fingerprint density at radius 2 is 2.07 bits per heavy atom. The molecule has 0 saturated heterocycles. The van der Waals surface area contributed by atoms with E-state index in [1.807, 2.05) is 0 Å². The second-order valence-electron chi connectivity index (χ2n) is 4.67. The first kappa shape index (κ1) is 10.1. The van der Waals surface area contributed by atoms with Crippen LogP contribution in [0.2, 0.25) is 0 Å². The molecule has 2 heterocycles. The predicted molar refractivity (Wildman–Crippen MR) is 63.3 cm³/mol. The third-order valence-electron chi connectivity index (χ3n) is 2.42. The zero-order chi connectivity index (χ0) is 11.1. The molecule has 0 unspecified atom stereocenters. The summed E-state index contributed by atoms with van der Waals surface area (Å²) in [6.07, 6.45) is 5.46. The molecular weight excluding hydrogens is 188 g/mol. The van der Waals surface area contributed by atoms with E-state index in [0.29, 0.717) is 5.92 Å². The van der Waals surface area contributed by atoms with Gasteiger partial charge in [-0.3, -0.25) is 4.99 Å². The number of nitrogens with zero attached hydrogens (tertiary/aromatic N) is 4. The molecule has 4 heteroatoms. The van der Waals surface area contributed by atoms with Crippen LogP contribution in [0.3, 0.4) is 0 Å². The van der Waals surface area contributed by atoms with Crippen molar-refractivity contribution >= 4 is 18.4 Å². The van der Waals surface area contributed by atoms with E-state index in [9.17, 15) is 0 Å². The van der Waals surface area contributed by atoms with Crippen molar-refractivity contribution in [3.8, 4) is 0 Å². The first-order valence-corrected chi connectivity index (χ1v) is 5.17. The van der Waals surface area contributed by atoms with Gasteiger partial charge in [-0.25, -0.2) is 10.0 Å². The topological polar surface area (TPSA) is 40.3 Å². The number of fused-ring (bicyclic) bond motifs is 1. The summed E-state index contributed by atoms with van der Waals surface area (Å²) < 4.78 is 0. The Labute approximate surface area is 90.1 Å². The maximum Gasteiger partial charge on any atom is 0.136 e. The summed E-state index contributed by atoms with van der Waals surface area (Å²) in [5.74, 6) is 0.396. The molecule has 15 heavy (non-hydrogen) atoms. The van der Waals surface area contributed by atoms with Crippen LogP contribution >= 0.6 is 0 Å². The molecule has 0 radical (unpaired) electrons. The number of hydrogen-bond donors (Lipinski definition) is 0. The average Bonchev–Trinajstić information content (AvgIpc) is 2.15. The molecule has 4 nitrogen and oxygen atoms in total. The fourth-order valence-electron chi connectivity index (χ4n) is 1.64. The highest BCUT2D eigenvalue weighted by atomic mass is 15.5. The van der Waals surface area contributed by atoms with Gasteiger partial charge in [0.1, 0.15) is 12.7 Å². The predicted octanol–water partition coefficient (Wildman–Crippen LogP) is 2.05. The molecule has 0 aromatic carbocycles. The van der Waals surface area contributed by atoms with Crippen LogP contribution in [0.15, 0.2) is 26.9 Å². The molecule has 0 spiro atoms. The first-order chi connectivity index (χ1) is 6.99. The zero-order valence-electron chi connectivity index (χ0n) is 9.60. The van der Waals surface area contributed by atoms with Gasteiger partial charge in [0.05, 0.1) is 16.9 Å². The van der Waals surface area contributed by atoms with Crippen molar-refractivity contribution < 1.29 is 0 Å². The van der Waals surface area contributed by atoms with Crippen LogP contribution in [0.25, 0.3) is 0 Å². The van der Waals surface area contributed by atoms with Crippen molar-refractivity contribution in [1.29, 1.82) is 0 Å². The second kappa shape index (κ2) is 3.29. The summed E-state index contributed by atoms with van der Waals surface area (Å²) in [7, 11) is 0. The van der Waals surface area contributed by atoms with E-state index in [1.165, 1.54) is 0 Å². The lowest BCUT2D eigenvalue weighted by molar-refractivity contribution is 0.519. The van der Waals surface area contributed by atoms with E-state index in [-0.39, 0.29) is 5.54 Å². The van der Waals surface area contributed by atoms with Gasteiger partial charge in [-0.15, -0.1) is 0 Å². The third kappa shape index (κ3) is 1.84. The van der Waals surface area contributed by atoms with Crippen molar-refractivity contribution in [2.75, 3.05) is 0 Å². The lowest BCUT2D eigenvalue weighted by atomic mass is 9.97. The van der Waals surface area contributed by atoms with Crippen LogP contribution in [0, 0.1) is 5.92 Å². The molecule has 0 fully saturated rings. The van der Waals surface area contributed by atoms with Gasteiger partial charge in [-0.1, -0.05) is 13.8 Å². The Bertz CT molecular complexity index is 385. The summed E-state index contributed by atoms with van der Waals surface area (Å²) in [4.78, 5) is 8.73. The quantitative estimate of drug-likeness (QED) is 0.644. The Morgan fingerprint density at radius 3 is 2.73 bits per heavy atom. The van der Waals surface area contributed by atoms with E-state index in [4.69, 9.17) is 0 Å². The Balaban J connectivity index is 2.41. The number of allylic oxidation sites excluding steroid dienone is 1. The lowest BCUT2D eigenvalue weighted by Crippen LogP contribution is -2.34. The maximum atomic E-state index is 4.40. The first-order valence-electron chi connectivity index (χ1n) is 5.17. The molecule has 80 valence electrons. The smallest absolute Gasteiger partial charge is 0.136 e. The molecule has 0 aromatic rings. The number of rotatable bonds is 1. The number of aliphatic imine (C=N–C) groups is 2. The van der Waals surface area contributed by atoms with Crippen LogP contribution in [0.5, 0.6) is 0 Å². The minimum atomic E-state index is -0.158. The monoisotopic (exact) mass is 204 g/mol. The zero-order valence-corrected chi connectivity index (χ0v) is 9.60. The van der Waals surface area contributed by atoms with Gasteiger partial charge in [-0.2, -0.15) is 5.10 Å². The molecule has 2 rings (SSSR count). The van der Waals surface area contributed by atoms with Gasteiger partial charge in [0, 0.05) is 0 Å². The Morgan fingerprint density at radius 1 is 1.33 bits per heavy atom. The maximum absolute atomic E-state index is 4.40. The molecule has 0 bridgehead atoms. The van der Waals surface area contributed by atoms with Crippen molar-refractivity contribution in [2.24, 2.45) is 21.0 Å². The highest BCUT2D eigenvalue weighted by molar-refractivity contribution is 6.07. The van der Waals surface area contributed by atoms with Gasteiger partial charge < -0.3 is 0 Å². The van der Waals surface area contributed by atoms with Crippen LogP contribution in [0.4, 0.5) is 0 Å². The summed E-state index contributed by atoms with van der Waals surface area (Å²) in [5, 5.41) is 5.94. The standard InChI is InChI=1S/C11H16N4/c1-8(2)10-9-5-11(3,4)13-7-15(9)14-6-12-10/h5-8H,1-4H3. The lowest BCUT2D eigenvalue weighted by Gasteiger charge is -2.30. The van der Waals surface area contributed by atoms with Gasteiger partial charge in [0.15, 0.2) is 0 Å². The average molecular weight is 204 g/mol. The van der Waals surface area contributed by atoms with Crippen LogP contribution in [0.1, 0.15) is 27.7 Å². The molecule has 0 N–H and O–H groups in total. The van der Waals surface area contributed by atoms with Gasteiger partial charge in [0.2, 0.25) is 0 Å². The number of hydrazone groups is 1. The highest BCUT2D eigenvalue weighted by Crippen LogP contribution is 2.25. The van der Waals surface area contributed by atoms with Gasteiger partial charge in [0.25, 0.3) is 0 Å².